The van der Waals surface area contributed by atoms with Crippen LogP contribution in [-0.2, 0) is 14.0 Å². The third-order valence-electron chi connectivity index (χ3n) is 6.93. The Balaban J connectivity index is 2.16. The Hall–Kier alpha value is -2.72. The fraction of sp³-hybridized carbons (Fsp3) is 0.300. The van der Waals surface area contributed by atoms with Crippen LogP contribution in [0.15, 0.2) is 91.0 Å². The van der Waals surface area contributed by atoms with Crippen molar-refractivity contribution < 1.29 is 19.1 Å². The first-order valence-electron chi connectivity index (χ1n) is 12.3. The van der Waals surface area contributed by atoms with Crippen LogP contribution in [0.2, 0.25) is 18.1 Å². The van der Waals surface area contributed by atoms with Crippen molar-refractivity contribution >= 4 is 48.7 Å². The zero-order valence-corrected chi connectivity index (χ0v) is 23.7. The Bertz CT molecular complexity index is 1110. The van der Waals surface area contributed by atoms with Gasteiger partial charge in [-0.1, -0.05) is 112 Å². The zero-order valence-electron chi connectivity index (χ0n) is 21.8. The molecular weight excluding hydrogens is 483 g/mol. The Kier molecular flexibility index (Phi) is 8.94. The van der Waals surface area contributed by atoms with E-state index in [4.69, 9.17) is 4.43 Å². The molecule has 1 unspecified atom stereocenters. The molecule has 4 nitrogen and oxygen atoms in total. The summed E-state index contributed by atoms with van der Waals surface area (Å²) < 4.78 is 6.45. The largest absolute Gasteiger partial charge is 0.481 e. The van der Waals surface area contributed by atoms with Crippen LogP contribution in [0.4, 0.5) is 0 Å². The number of rotatable bonds is 10. The maximum Gasteiger partial charge on any atom is 0.305 e. The van der Waals surface area contributed by atoms with Gasteiger partial charge in [-0.15, -0.1) is 0 Å². The molecule has 0 radical (unpaired) electrons. The maximum absolute atomic E-state index is 13.8. The van der Waals surface area contributed by atoms with Gasteiger partial charge < -0.3 is 9.53 Å². The molecule has 0 aliphatic rings. The van der Waals surface area contributed by atoms with Gasteiger partial charge in [0, 0.05) is 6.42 Å². The molecule has 36 heavy (non-hydrogen) atoms. The molecule has 0 bridgehead atoms. The molecule has 3 rings (SSSR count). The van der Waals surface area contributed by atoms with Crippen molar-refractivity contribution in [3.63, 3.8) is 0 Å². The van der Waals surface area contributed by atoms with Gasteiger partial charge in [-0.3, -0.25) is 9.59 Å². The van der Waals surface area contributed by atoms with Gasteiger partial charge in [-0.2, -0.15) is 0 Å². The highest BCUT2D eigenvalue weighted by molar-refractivity contribution is 7.95. The topological polar surface area (TPSA) is 63.6 Å². The Labute approximate surface area is 216 Å². The first-order chi connectivity index (χ1) is 17.0. The van der Waals surface area contributed by atoms with Gasteiger partial charge in [0.15, 0.2) is 14.1 Å². The molecule has 0 spiro atoms. The summed E-state index contributed by atoms with van der Waals surface area (Å²) >= 11 is 0. The molecule has 3 aromatic carbocycles. The number of benzene rings is 3. The lowest BCUT2D eigenvalue weighted by Gasteiger charge is -2.39. The van der Waals surface area contributed by atoms with Crippen molar-refractivity contribution in [2.24, 2.45) is 0 Å². The highest BCUT2D eigenvalue weighted by atomic mass is 31.2. The summed E-state index contributed by atoms with van der Waals surface area (Å²) in [6, 6.07) is 30.4. The average Bonchev–Trinajstić information content (AvgIpc) is 2.83. The number of carbonyl (C=O) groups excluding carboxylic acids is 1. The minimum absolute atomic E-state index is 0.0348. The van der Waals surface area contributed by atoms with E-state index in [0.29, 0.717) is 0 Å². The number of hydrogen-bond acceptors (Lipinski definition) is 3. The fourth-order valence-electron chi connectivity index (χ4n) is 4.10. The van der Waals surface area contributed by atoms with E-state index in [1.54, 1.807) is 0 Å². The number of carboxylic acids is 1. The van der Waals surface area contributed by atoms with Crippen molar-refractivity contribution in [2.75, 3.05) is 0 Å². The summed E-state index contributed by atoms with van der Waals surface area (Å²) in [6.45, 7) is 8.07. The van der Waals surface area contributed by atoms with Gasteiger partial charge in [-0.25, -0.2) is 0 Å². The van der Waals surface area contributed by atoms with Gasteiger partial charge in [-0.05, 0) is 46.7 Å². The van der Waals surface area contributed by atoms with Crippen LogP contribution in [0, 0.1) is 0 Å². The SMILES string of the molecule is CC(C)(C)[Si](C)(C)OC(CC(=O)O)CC(=O)C=P(c1ccccc1)(c1ccccc1)c1ccccc1. The predicted octanol–water partition coefficient (Wildman–Crippen LogP) is 5.61. The highest BCUT2D eigenvalue weighted by Crippen LogP contribution is 2.44. The monoisotopic (exact) mass is 520 g/mol. The lowest BCUT2D eigenvalue weighted by Crippen LogP contribution is -2.45. The standard InChI is InChI=1S/C30H37O4PSi/c1-30(2,3)36(4,5)34-25(22-29(32)33)21-24(31)23-35(26-15-9-6-10-16-26,27-17-11-7-12-18-27)28-19-13-8-14-20-28/h6-20,23,25H,21-22H2,1-5H3,(H,32,33). The third kappa shape index (κ3) is 6.53. The summed E-state index contributed by atoms with van der Waals surface area (Å²) in [5.41, 5.74) is 0. The molecule has 0 aromatic heterocycles. The number of hydrogen-bond donors (Lipinski definition) is 1. The molecule has 0 aliphatic heterocycles. The third-order valence-corrected chi connectivity index (χ3v) is 15.5. The number of carbonyl (C=O) groups is 2. The zero-order chi connectivity index (χ0) is 26.4. The Morgan fingerprint density at radius 3 is 1.53 bits per heavy atom. The molecule has 0 amide bonds. The lowest BCUT2D eigenvalue weighted by atomic mass is 10.1. The number of Topliss-reactive ketones (excluding diaryl/α,β-unsaturated/α-hetero) is 1. The smallest absolute Gasteiger partial charge is 0.305 e. The molecule has 3 aromatic rings. The molecule has 190 valence electrons. The summed E-state index contributed by atoms with van der Waals surface area (Å²) in [4.78, 5) is 25.5. The van der Waals surface area contributed by atoms with Crippen LogP contribution >= 0.6 is 6.89 Å². The second-order valence-electron chi connectivity index (χ2n) is 10.6. The minimum Gasteiger partial charge on any atom is -0.481 e. The van der Waals surface area contributed by atoms with E-state index >= 15 is 0 Å². The van der Waals surface area contributed by atoms with Gasteiger partial charge in [0.2, 0.25) is 0 Å². The molecule has 0 fully saturated rings. The Morgan fingerprint density at radius 2 is 1.19 bits per heavy atom. The van der Waals surface area contributed by atoms with Crippen molar-refractivity contribution in [1.29, 1.82) is 0 Å². The van der Waals surface area contributed by atoms with Crippen molar-refractivity contribution in [3.05, 3.63) is 91.0 Å². The van der Waals surface area contributed by atoms with Crippen LogP contribution in [0.5, 0.6) is 0 Å². The molecule has 0 heterocycles. The molecular formula is C30H37O4PSi. The fourth-order valence-corrected chi connectivity index (χ4v) is 9.26. The Morgan fingerprint density at radius 1 is 0.806 bits per heavy atom. The average molecular weight is 521 g/mol. The predicted molar refractivity (Wildman–Crippen MR) is 155 cm³/mol. The van der Waals surface area contributed by atoms with Crippen LogP contribution < -0.4 is 15.9 Å². The number of ketones is 1. The molecule has 1 N–H and O–H groups in total. The first kappa shape index (κ1) is 27.9. The highest BCUT2D eigenvalue weighted by Gasteiger charge is 2.40. The molecule has 0 aliphatic carbocycles. The van der Waals surface area contributed by atoms with Crippen molar-refractivity contribution in [3.8, 4) is 0 Å². The van der Waals surface area contributed by atoms with Crippen LogP contribution in [0.25, 0.3) is 0 Å². The van der Waals surface area contributed by atoms with Gasteiger partial charge >= 0.3 is 5.97 Å². The summed E-state index contributed by atoms with van der Waals surface area (Å²) in [5.74, 6) is 0.822. The molecule has 0 saturated carbocycles. The van der Waals surface area contributed by atoms with Gasteiger partial charge in [0.05, 0.1) is 12.5 Å². The van der Waals surface area contributed by atoms with Crippen molar-refractivity contribution in [1.82, 2.24) is 0 Å². The normalized spacial score (nSPS) is 13.1. The summed E-state index contributed by atoms with van der Waals surface area (Å²) in [5, 5.41) is 12.7. The molecule has 6 heteroatoms. The van der Waals surface area contributed by atoms with E-state index in [-0.39, 0.29) is 23.7 Å². The van der Waals surface area contributed by atoms with Gasteiger partial charge in [0.25, 0.3) is 0 Å². The number of carboxylic acid groups (broad SMARTS) is 1. The van der Waals surface area contributed by atoms with E-state index in [1.807, 2.05) is 60.4 Å². The minimum atomic E-state index is -2.45. The van der Waals surface area contributed by atoms with E-state index in [0.717, 1.165) is 15.9 Å². The van der Waals surface area contributed by atoms with E-state index in [1.165, 1.54) is 0 Å². The van der Waals surface area contributed by atoms with E-state index in [9.17, 15) is 14.7 Å². The van der Waals surface area contributed by atoms with Crippen LogP contribution in [-0.4, -0.2) is 37.1 Å². The van der Waals surface area contributed by atoms with E-state index < -0.39 is 27.3 Å². The van der Waals surface area contributed by atoms with E-state index in [2.05, 4.69) is 70.3 Å². The summed E-state index contributed by atoms with van der Waals surface area (Å²) in [7, 11) is -2.27. The maximum atomic E-state index is 13.8. The quantitative estimate of drug-likeness (QED) is 0.279. The molecule has 0 saturated heterocycles. The number of aliphatic carboxylic acids is 1. The van der Waals surface area contributed by atoms with Crippen LogP contribution in [0.3, 0.4) is 0 Å². The molecule has 1 atom stereocenters. The lowest BCUT2D eigenvalue weighted by molar-refractivity contribution is -0.139. The first-order valence-corrected chi connectivity index (χ1v) is 17.1. The second-order valence-corrected chi connectivity index (χ2v) is 18.6. The summed E-state index contributed by atoms with van der Waals surface area (Å²) in [6.07, 6.45) is -0.830. The van der Waals surface area contributed by atoms with Crippen molar-refractivity contribution in [2.45, 2.75) is 57.8 Å². The second kappa shape index (κ2) is 11.6. The van der Waals surface area contributed by atoms with Gasteiger partial charge in [0.1, 0.15) is 0 Å². The van der Waals surface area contributed by atoms with Crippen LogP contribution in [0.1, 0.15) is 33.6 Å².